The Morgan fingerprint density at radius 1 is 1.33 bits per heavy atom. The summed E-state index contributed by atoms with van der Waals surface area (Å²) in [7, 11) is 0. The quantitative estimate of drug-likeness (QED) is 0.847. The second-order valence-corrected chi connectivity index (χ2v) is 4.95. The van der Waals surface area contributed by atoms with Crippen LogP contribution in [0.5, 0.6) is 0 Å². The van der Waals surface area contributed by atoms with Crippen molar-refractivity contribution in [2.75, 3.05) is 0 Å². The van der Waals surface area contributed by atoms with Crippen LogP contribution in [-0.2, 0) is 13.0 Å². The molecule has 0 aliphatic heterocycles. The summed E-state index contributed by atoms with van der Waals surface area (Å²) in [5, 5.41) is 3.48. The van der Waals surface area contributed by atoms with Gasteiger partial charge < -0.3 is 10.3 Å². The Kier molecular flexibility index (Phi) is 4.15. The lowest BCUT2D eigenvalue weighted by atomic mass is 10.00. The average molecular weight is 243 g/mol. The number of hydrogen-bond acceptors (Lipinski definition) is 2. The lowest BCUT2D eigenvalue weighted by molar-refractivity contribution is 0.534. The van der Waals surface area contributed by atoms with Crippen molar-refractivity contribution in [3.05, 3.63) is 53.1 Å². The largest absolute Gasteiger partial charge is 0.348 e. The number of nitrogens with zero attached hydrogens (tertiary/aromatic N) is 1. The number of imidazole rings is 1. The first-order valence-electron chi connectivity index (χ1n) is 6.43. The SMILES string of the molecule is Cc1ccc(CC(C)NCc2ncc[nH]2)c(C)c1. The van der Waals surface area contributed by atoms with E-state index in [1.807, 2.05) is 6.20 Å². The van der Waals surface area contributed by atoms with Gasteiger partial charge in [0.1, 0.15) is 5.82 Å². The molecule has 1 heterocycles. The minimum absolute atomic E-state index is 0.441. The highest BCUT2D eigenvalue weighted by atomic mass is 15.0. The summed E-state index contributed by atoms with van der Waals surface area (Å²) in [5.74, 6) is 0.988. The van der Waals surface area contributed by atoms with Crippen LogP contribution in [0.4, 0.5) is 0 Å². The Bertz CT molecular complexity index is 488. The monoisotopic (exact) mass is 243 g/mol. The van der Waals surface area contributed by atoms with Crippen LogP contribution in [0.15, 0.2) is 30.6 Å². The van der Waals surface area contributed by atoms with E-state index in [1.54, 1.807) is 6.20 Å². The molecule has 96 valence electrons. The van der Waals surface area contributed by atoms with Gasteiger partial charge in [-0.25, -0.2) is 4.98 Å². The van der Waals surface area contributed by atoms with Crippen LogP contribution in [0.3, 0.4) is 0 Å². The Morgan fingerprint density at radius 3 is 2.83 bits per heavy atom. The highest BCUT2D eigenvalue weighted by molar-refractivity contribution is 5.30. The predicted molar refractivity (Wildman–Crippen MR) is 74.5 cm³/mol. The first-order valence-corrected chi connectivity index (χ1v) is 6.43. The fourth-order valence-corrected chi connectivity index (χ4v) is 2.14. The number of nitrogens with one attached hydrogen (secondary N) is 2. The molecule has 0 aliphatic rings. The molecule has 2 N–H and O–H groups in total. The number of H-pyrrole nitrogens is 1. The second kappa shape index (κ2) is 5.83. The zero-order valence-electron chi connectivity index (χ0n) is 11.3. The van der Waals surface area contributed by atoms with Gasteiger partial charge in [-0.05, 0) is 38.3 Å². The van der Waals surface area contributed by atoms with Crippen molar-refractivity contribution in [2.24, 2.45) is 0 Å². The first kappa shape index (κ1) is 12.8. The molecule has 0 radical (unpaired) electrons. The summed E-state index contributed by atoms with van der Waals surface area (Å²) < 4.78 is 0. The molecule has 18 heavy (non-hydrogen) atoms. The van der Waals surface area contributed by atoms with Crippen LogP contribution in [0.2, 0.25) is 0 Å². The van der Waals surface area contributed by atoms with Gasteiger partial charge in [-0.2, -0.15) is 0 Å². The van der Waals surface area contributed by atoms with Crippen LogP contribution in [0, 0.1) is 13.8 Å². The zero-order valence-corrected chi connectivity index (χ0v) is 11.3. The van der Waals surface area contributed by atoms with Crippen molar-refractivity contribution in [3.8, 4) is 0 Å². The lowest BCUT2D eigenvalue weighted by Crippen LogP contribution is -2.28. The van der Waals surface area contributed by atoms with E-state index in [4.69, 9.17) is 0 Å². The highest BCUT2D eigenvalue weighted by Crippen LogP contribution is 2.12. The molecule has 0 fully saturated rings. The third-order valence-electron chi connectivity index (χ3n) is 3.20. The van der Waals surface area contributed by atoms with Crippen LogP contribution in [-0.4, -0.2) is 16.0 Å². The van der Waals surface area contributed by atoms with Crippen LogP contribution in [0.1, 0.15) is 29.4 Å². The Balaban J connectivity index is 1.88. The summed E-state index contributed by atoms with van der Waals surface area (Å²) in [6, 6.07) is 7.10. The molecule has 0 amide bonds. The van der Waals surface area contributed by atoms with Gasteiger partial charge in [-0.3, -0.25) is 0 Å². The highest BCUT2D eigenvalue weighted by Gasteiger charge is 2.06. The van der Waals surface area contributed by atoms with Crippen molar-refractivity contribution in [2.45, 2.75) is 39.8 Å². The van der Waals surface area contributed by atoms with Crippen molar-refractivity contribution < 1.29 is 0 Å². The topological polar surface area (TPSA) is 40.7 Å². The van der Waals surface area contributed by atoms with Crippen LogP contribution < -0.4 is 5.32 Å². The van der Waals surface area contributed by atoms with E-state index in [1.165, 1.54) is 16.7 Å². The first-order chi connectivity index (χ1) is 8.65. The number of aromatic amines is 1. The summed E-state index contributed by atoms with van der Waals surface area (Å²) in [6.45, 7) is 7.32. The summed E-state index contributed by atoms with van der Waals surface area (Å²) >= 11 is 0. The molecular weight excluding hydrogens is 222 g/mol. The average Bonchev–Trinajstić information content (AvgIpc) is 2.83. The molecule has 2 aromatic rings. The second-order valence-electron chi connectivity index (χ2n) is 4.95. The van der Waals surface area contributed by atoms with Gasteiger partial charge >= 0.3 is 0 Å². The van der Waals surface area contributed by atoms with Gasteiger partial charge in [0.15, 0.2) is 0 Å². The molecule has 3 nitrogen and oxygen atoms in total. The van der Waals surface area contributed by atoms with Gasteiger partial charge in [-0.15, -0.1) is 0 Å². The normalized spacial score (nSPS) is 12.6. The van der Waals surface area contributed by atoms with Crippen molar-refractivity contribution in [1.82, 2.24) is 15.3 Å². The van der Waals surface area contributed by atoms with Crippen LogP contribution in [0.25, 0.3) is 0 Å². The molecule has 1 atom stereocenters. The molecule has 3 heteroatoms. The molecule has 0 spiro atoms. The summed E-state index contributed by atoms with van der Waals surface area (Å²) in [4.78, 5) is 7.31. The molecule has 0 aliphatic carbocycles. The molecule has 0 bridgehead atoms. The van der Waals surface area contributed by atoms with E-state index in [0.717, 1.165) is 18.8 Å². The van der Waals surface area contributed by atoms with Crippen LogP contribution >= 0.6 is 0 Å². The molecule has 0 saturated carbocycles. The summed E-state index contributed by atoms with van der Waals surface area (Å²) in [6.07, 6.45) is 4.68. The Hall–Kier alpha value is -1.61. The predicted octanol–water partition coefficient (Wildman–Crippen LogP) is 2.75. The Labute approximate surface area is 109 Å². The van der Waals surface area contributed by atoms with E-state index in [0.29, 0.717) is 6.04 Å². The number of rotatable bonds is 5. The number of aryl methyl sites for hydroxylation is 2. The molecule has 2 rings (SSSR count). The molecule has 1 aromatic heterocycles. The molecule has 0 saturated heterocycles. The standard InChI is InChI=1S/C15H21N3/c1-11-4-5-14(12(2)8-11)9-13(3)18-10-15-16-6-7-17-15/h4-8,13,18H,9-10H2,1-3H3,(H,16,17). The molecule has 1 aromatic carbocycles. The fourth-order valence-electron chi connectivity index (χ4n) is 2.14. The Morgan fingerprint density at radius 2 is 2.17 bits per heavy atom. The van der Waals surface area contributed by atoms with Gasteiger partial charge in [0.05, 0.1) is 6.54 Å². The number of hydrogen-bond donors (Lipinski definition) is 2. The maximum Gasteiger partial charge on any atom is 0.120 e. The minimum Gasteiger partial charge on any atom is -0.348 e. The van der Waals surface area contributed by atoms with E-state index < -0.39 is 0 Å². The van der Waals surface area contributed by atoms with Gasteiger partial charge in [0.25, 0.3) is 0 Å². The maximum atomic E-state index is 4.21. The number of aromatic nitrogens is 2. The van der Waals surface area contributed by atoms with Gasteiger partial charge in [0, 0.05) is 18.4 Å². The van der Waals surface area contributed by atoms with E-state index >= 15 is 0 Å². The molecular formula is C15H21N3. The van der Waals surface area contributed by atoms with Gasteiger partial charge in [0.2, 0.25) is 0 Å². The maximum absolute atomic E-state index is 4.21. The smallest absolute Gasteiger partial charge is 0.120 e. The minimum atomic E-state index is 0.441. The summed E-state index contributed by atoms with van der Waals surface area (Å²) in [5.41, 5.74) is 4.12. The van der Waals surface area contributed by atoms with E-state index in [-0.39, 0.29) is 0 Å². The third-order valence-corrected chi connectivity index (χ3v) is 3.20. The zero-order chi connectivity index (χ0) is 13.0. The van der Waals surface area contributed by atoms with E-state index in [2.05, 4.69) is 54.3 Å². The lowest BCUT2D eigenvalue weighted by Gasteiger charge is -2.15. The fraction of sp³-hybridized carbons (Fsp3) is 0.400. The third kappa shape index (κ3) is 3.44. The van der Waals surface area contributed by atoms with Crippen molar-refractivity contribution in [3.63, 3.8) is 0 Å². The van der Waals surface area contributed by atoms with E-state index in [9.17, 15) is 0 Å². The number of benzene rings is 1. The van der Waals surface area contributed by atoms with Crippen molar-refractivity contribution >= 4 is 0 Å². The van der Waals surface area contributed by atoms with Crippen molar-refractivity contribution in [1.29, 1.82) is 0 Å². The van der Waals surface area contributed by atoms with Gasteiger partial charge in [-0.1, -0.05) is 23.8 Å². The molecule has 1 unspecified atom stereocenters.